The standard InChI is InChI=1S/C26H37ClN6O/c1-26(2)14-20(15-26)33-11-8-17(9-12-33)22-16-29-25(31-19-7-10-28-23(27)13-19)32-24(22)30-18-3-5-21(34)6-4-18/h7,10,13,16-18,20-21,34H,3-6,8-9,11-12,14-15H2,1-2H3,(H2,28,29,30,31,32)/t18-,21-. The van der Waals surface area contributed by atoms with Crippen LogP contribution in [-0.4, -0.2) is 56.2 Å². The summed E-state index contributed by atoms with van der Waals surface area (Å²) >= 11 is 6.05. The molecule has 2 aliphatic carbocycles. The monoisotopic (exact) mass is 484 g/mol. The van der Waals surface area contributed by atoms with E-state index in [2.05, 4.69) is 39.3 Å². The average molecular weight is 485 g/mol. The average Bonchev–Trinajstić information content (AvgIpc) is 2.79. The lowest BCUT2D eigenvalue weighted by Gasteiger charge is -2.50. The van der Waals surface area contributed by atoms with Crippen LogP contribution in [0.25, 0.3) is 0 Å². The highest BCUT2D eigenvalue weighted by atomic mass is 35.5. The molecule has 3 fully saturated rings. The summed E-state index contributed by atoms with van der Waals surface area (Å²) in [5.41, 5.74) is 2.55. The van der Waals surface area contributed by atoms with Crippen molar-refractivity contribution < 1.29 is 5.11 Å². The van der Waals surface area contributed by atoms with Gasteiger partial charge in [-0.1, -0.05) is 25.4 Å². The quantitative estimate of drug-likeness (QED) is 0.476. The summed E-state index contributed by atoms with van der Waals surface area (Å²) in [5, 5.41) is 17.3. The lowest BCUT2D eigenvalue weighted by molar-refractivity contribution is 0.0120. The van der Waals surface area contributed by atoms with Crippen molar-refractivity contribution in [2.24, 2.45) is 5.41 Å². The highest BCUT2D eigenvalue weighted by Crippen LogP contribution is 2.44. The van der Waals surface area contributed by atoms with Gasteiger partial charge in [-0.3, -0.25) is 0 Å². The number of aromatic nitrogens is 3. The number of anilines is 3. The molecule has 1 saturated heterocycles. The largest absolute Gasteiger partial charge is 0.393 e. The van der Waals surface area contributed by atoms with Crippen LogP contribution in [-0.2, 0) is 0 Å². The van der Waals surface area contributed by atoms with Crippen molar-refractivity contribution in [3.63, 3.8) is 0 Å². The van der Waals surface area contributed by atoms with Gasteiger partial charge < -0.3 is 20.6 Å². The van der Waals surface area contributed by atoms with Crippen LogP contribution >= 0.6 is 11.6 Å². The van der Waals surface area contributed by atoms with Gasteiger partial charge >= 0.3 is 0 Å². The Kier molecular flexibility index (Phi) is 6.96. The number of nitrogens with zero attached hydrogens (tertiary/aromatic N) is 4. The molecule has 2 aromatic heterocycles. The van der Waals surface area contributed by atoms with Crippen molar-refractivity contribution in [3.8, 4) is 0 Å². The van der Waals surface area contributed by atoms with Gasteiger partial charge in [-0.15, -0.1) is 0 Å². The summed E-state index contributed by atoms with van der Waals surface area (Å²) in [5.74, 6) is 1.95. The number of aliphatic hydroxyl groups excluding tert-OH is 1. The van der Waals surface area contributed by atoms with Crippen LogP contribution in [0, 0.1) is 5.41 Å². The van der Waals surface area contributed by atoms with Crippen LogP contribution in [0.4, 0.5) is 17.5 Å². The third-order valence-corrected chi connectivity index (χ3v) is 8.11. The Morgan fingerprint density at radius 3 is 2.47 bits per heavy atom. The second-order valence-corrected chi connectivity index (χ2v) is 11.6. The number of nitrogens with one attached hydrogen (secondary N) is 2. The maximum atomic E-state index is 9.93. The molecule has 2 saturated carbocycles. The Bertz CT molecular complexity index is 977. The first-order valence-corrected chi connectivity index (χ1v) is 13.2. The smallest absolute Gasteiger partial charge is 0.229 e. The fraction of sp³-hybridized carbons (Fsp3) is 0.654. The molecule has 0 radical (unpaired) electrons. The van der Waals surface area contributed by atoms with E-state index in [0.29, 0.717) is 28.5 Å². The molecule has 0 aromatic carbocycles. The molecule has 34 heavy (non-hydrogen) atoms. The van der Waals surface area contributed by atoms with Crippen molar-refractivity contribution in [3.05, 3.63) is 35.2 Å². The summed E-state index contributed by atoms with van der Waals surface area (Å²) < 4.78 is 0. The Labute approximate surface area is 207 Å². The Hall–Kier alpha value is -1.96. The van der Waals surface area contributed by atoms with E-state index >= 15 is 0 Å². The first kappa shape index (κ1) is 23.8. The van der Waals surface area contributed by atoms with Crippen LogP contribution in [0.3, 0.4) is 0 Å². The van der Waals surface area contributed by atoms with Gasteiger partial charge in [0.15, 0.2) is 0 Å². The zero-order valence-corrected chi connectivity index (χ0v) is 21.1. The number of aliphatic hydroxyl groups is 1. The molecule has 0 atom stereocenters. The van der Waals surface area contributed by atoms with E-state index in [9.17, 15) is 5.11 Å². The van der Waals surface area contributed by atoms with Crippen LogP contribution in [0.15, 0.2) is 24.5 Å². The summed E-state index contributed by atoms with van der Waals surface area (Å²) in [6.45, 7) is 7.06. The first-order valence-electron chi connectivity index (χ1n) is 12.8. The van der Waals surface area contributed by atoms with Gasteiger partial charge in [-0.2, -0.15) is 4.98 Å². The molecule has 5 rings (SSSR count). The predicted octanol–water partition coefficient (Wildman–Crippen LogP) is 5.35. The van der Waals surface area contributed by atoms with Crippen LogP contribution in [0.1, 0.15) is 76.7 Å². The molecule has 0 amide bonds. The van der Waals surface area contributed by atoms with Crippen molar-refractivity contribution in [1.29, 1.82) is 0 Å². The van der Waals surface area contributed by atoms with Crippen molar-refractivity contribution in [2.75, 3.05) is 23.7 Å². The molecule has 8 heteroatoms. The van der Waals surface area contributed by atoms with Gasteiger partial charge in [0, 0.05) is 35.7 Å². The topological polar surface area (TPSA) is 86.2 Å². The van der Waals surface area contributed by atoms with Gasteiger partial charge in [0.2, 0.25) is 5.95 Å². The third-order valence-electron chi connectivity index (χ3n) is 7.90. The zero-order chi connectivity index (χ0) is 23.7. The fourth-order valence-electron chi connectivity index (χ4n) is 5.94. The molecule has 0 bridgehead atoms. The Morgan fingerprint density at radius 2 is 1.79 bits per heavy atom. The molecule has 3 heterocycles. The number of likely N-dealkylation sites (tertiary alicyclic amines) is 1. The number of piperidine rings is 1. The maximum Gasteiger partial charge on any atom is 0.229 e. The van der Waals surface area contributed by atoms with Crippen LogP contribution in [0.2, 0.25) is 5.15 Å². The number of rotatable bonds is 6. The Morgan fingerprint density at radius 1 is 1.06 bits per heavy atom. The molecular weight excluding hydrogens is 448 g/mol. The minimum Gasteiger partial charge on any atom is -0.393 e. The summed E-state index contributed by atoms with van der Waals surface area (Å²) in [6.07, 6.45) is 12.0. The molecular formula is C26H37ClN6O. The van der Waals surface area contributed by atoms with E-state index in [4.69, 9.17) is 16.6 Å². The lowest BCUT2D eigenvalue weighted by atomic mass is 9.67. The molecule has 7 nitrogen and oxygen atoms in total. The molecule has 0 unspecified atom stereocenters. The van der Waals surface area contributed by atoms with Gasteiger partial charge in [-0.05, 0) is 87.9 Å². The summed E-state index contributed by atoms with van der Waals surface area (Å²) in [6, 6.07) is 4.72. The highest BCUT2D eigenvalue weighted by Gasteiger charge is 2.40. The van der Waals surface area contributed by atoms with Gasteiger partial charge in [-0.25, -0.2) is 9.97 Å². The second-order valence-electron chi connectivity index (χ2n) is 11.2. The van der Waals surface area contributed by atoms with Crippen molar-refractivity contribution in [2.45, 2.75) is 89.3 Å². The molecule has 2 aromatic rings. The minimum atomic E-state index is -0.169. The number of halogens is 1. The summed E-state index contributed by atoms with van der Waals surface area (Å²) in [4.78, 5) is 16.3. The van der Waals surface area contributed by atoms with Crippen LogP contribution < -0.4 is 10.6 Å². The molecule has 3 aliphatic rings. The van der Waals surface area contributed by atoms with E-state index in [0.717, 1.165) is 69.2 Å². The molecule has 1 aliphatic heterocycles. The van der Waals surface area contributed by atoms with Gasteiger partial charge in [0.1, 0.15) is 11.0 Å². The van der Waals surface area contributed by atoms with Crippen molar-refractivity contribution >= 4 is 29.1 Å². The lowest BCUT2D eigenvalue weighted by Crippen LogP contribution is -2.51. The maximum absolute atomic E-state index is 9.93. The van der Waals surface area contributed by atoms with Crippen LogP contribution in [0.5, 0.6) is 0 Å². The van der Waals surface area contributed by atoms with E-state index in [1.54, 1.807) is 12.3 Å². The molecule has 184 valence electrons. The van der Waals surface area contributed by atoms with E-state index in [-0.39, 0.29) is 6.10 Å². The van der Waals surface area contributed by atoms with E-state index < -0.39 is 0 Å². The van der Waals surface area contributed by atoms with Gasteiger partial charge in [0.05, 0.1) is 6.10 Å². The Balaban J connectivity index is 1.31. The first-order chi connectivity index (χ1) is 16.3. The zero-order valence-electron chi connectivity index (χ0n) is 20.3. The summed E-state index contributed by atoms with van der Waals surface area (Å²) in [7, 11) is 0. The van der Waals surface area contributed by atoms with Gasteiger partial charge in [0.25, 0.3) is 0 Å². The number of hydrogen-bond donors (Lipinski definition) is 3. The normalized spacial score (nSPS) is 26.1. The highest BCUT2D eigenvalue weighted by molar-refractivity contribution is 6.29. The number of pyridine rings is 1. The second kappa shape index (κ2) is 9.96. The van der Waals surface area contributed by atoms with E-state index in [1.165, 1.54) is 18.4 Å². The SMILES string of the molecule is CC1(C)CC(N2CCC(c3cnc(Nc4ccnc(Cl)c4)nc3N[C@H]3CC[C@H](O)CC3)CC2)C1. The fourth-order valence-corrected chi connectivity index (χ4v) is 6.11. The predicted molar refractivity (Wildman–Crippen MR) is 137 cm³/mol. The van der Waals surface area contributed by atoms with Crippen molar-refractivity contribution in [1.82, 2.24) is 19.9 Å². The minimum absolute atomic E-state index is 0.169. The third kappa shape index (κ3) is 5.64. The molecule has 0 spiro atoms. The number of hydrogen-bond acceptors (Lipinski definition) is 7. The van der Waals surface area contributed by atoms with E-state index in [1.807, 2.05) is 12.3 Å². The molecule has 3 N–H and O–H groups in total.